The minimum absolute atomic E-state index is 0.00869. The number of hydrogen-bond donors (Lipinski definition) is 3. The number of hydrogen-bond acceptors (Lipinski definition) is 4. The lowest BCUT2D eigenvalue weighted by Gasteiger charge is -2.09. The van der Waals surface area contributed by atoms with Crippen molar-refractivity contribution in [2.45, 2.75) is 0 Å². The summed E-state index contributed by atoms with van der Waals surface area (Å²) in [6, 6.07) is 3.79. The summed E-state index contributed by atoms with van der Waals surface area (Å²) < 4.78 is 26.9. The van der Waals surface area contributed by atoms with Crippen LogP contribution in [-0.2, 0) is 0 Å². The monoisotopic (exact) mass is 370 g/mol. The predicted octanol–water partition coefficient (Wildman–Crippen LogP) is 1.78. The highest BCUT2D eigenvalue weighted by Gasteiger charge is 2.16. The van der Waals surface area contributed by atoms with Gasteiger partial charge in [0, 0.05) is 10.7 Å². The van der Waals surface area contributed by atoms with Gasteiger partial charge in [-0.05, 0) is 40.2 Å². The summed E-state index contributed by atoms with van der Waals surface area (Å²) in [6.45, 7) is 0. The lowest BCUT2D eigenvalue weighted by molar-refractivity contribution is 0.0844. The molecule has 1 aromatic heterocycles. The lowest BCUT2D eigenvalue weighted by atomic mass is 10.2. The molecule has 2 amide bonds. The summed E-state index contributed by atoms with van der Waals surface area (Å²) in [5.74, 6) is -3.51. The van der Waals surface area contributed by atoms with Crippen molar-refractivity contribution in [3.8, 4) is 0 Å². The summed E-state index contributed by atoms with van der Waals surface area (Å²) in [6.07, 6.45) is 1.40. The van der Waals surface area contributed by atoms with Gasteiger partial charge in [-0.1, -0.05) is 0 Å². The molecular formula is C13H9BrF2N4O2. The third-order valence-corrected chi connectivity index (χ3v) is 3.03. The third-order valence-electron chi connectivity index (χ3n) is 2.59. The van der Waals surface area contributed by atoms with Crippen molar-refractivity contribution in [1.29, 1.82) is 0 Å². The third kappa shape index (κ3) is 3.55. The Morgan fingerprint density at radius 1 is 1.09 bits per heavy atom. The number of nitrogens with two attached hydrogens (primary N) is 1. The summed E-state index contributed by atoms with van der Waals surface area (Å²) >= 11 is 3.12. The summed E-state index contributed by atoms with van der Waals surface area (Å²) in [4.78, 5) is 27.3. The van der Waals surface area contributed by atoms with E-state index >= 15 is 0 Å². The second kappa shape index (κ2) is 6.48. The molecule has 0 bridgehead atoms. The Morgan fingerprint density at radius 3 is 2.41 bits per heavy atom. The molecule has 0 spiro atoms. The topological polar surface area (TPSA) is 97.1 Å². The maximum Gasteiger partial charge on any atom is 0.273 e. The first-order valence-corrected chi connectivity index (χ1v) is 6.64. The zero-order valence-electron chi connectivity index (χ0n) is 10.9. The Hall–Kier alpha value is -2.55. The Kier molecular flexibility index (Phi) is 4.66. The van der Waals surface area contributed by atoms with Crippen LogP contribution >= 0.6 is 15.9 Å². The van der Waals surface area contributed by atoms with Crippen molar-refractivity contribution >= 4 is 33.6 Å². The number of halogens is 3. The molecule has 9 heteroatoms. The number of nitrogens with zero attached hydrogens (tertiary/aromatic N) is 1. The predicted molar refractivity (Wildman–Crippen MR) is 77.6 cm³/mol. The van der Waals surface area contributed by atoms with Crippen molar-refractivity contribution in [1.82, 2.24) is 15.8 Å². The van der Waals surface area contributed by atoms with E-state index in [0.29, 0.717) is 10.5 Å². The summed E-state index contributed by atoms with van der Waals surface area (Å²) in [5, 5.41) is 0. The smallest absolute Gasteiger partial charge is 0.273 e. The second-order valence-electron chi connectivity index (χ2n) is 4.12. The normalized spacial score (nSPS) is 10.1. The highest BCUT2D eigenvalue weighted by molar-refractivity contribution is 9.10. The number of carbonyl (C=O) groups is 2. The van der Waals surface area contributed by atoms with Gasteiger partial charge < -0.3 is 5.73 Å². The van der Waals surface area contributed by atoms with Crippen LogP contribution in [0.25, 0.3) is 0 Å². The van der Waals surface area contributed by atoms with E-state index in [1.807, 2.05) is 10.9 Å². The van der Waals surface area contributed by atoms with E-state index in [-0.39, 0.29) is 11.4 Å². The van der Waals surface area contributed by atoms with Gasteiger partial charge in [-0.25, -0.2) is 13.8 Å². The van der Waals surface area contributed by atoms with E-state index in [2.05, 4.69) is 20.9 Å². The first-order valence-electron chi connectivity index (χ1n) is 5.85. The van der Waals surface area contributed by atoms with E-state index in [0.717, 1.165) is 12.1 Å². The van der Waals surface area contributed by atoms with Crippen molar-refractivity contribution < 1.29 is 18.4 Å². The van der Waals surface area contributed by atoms with Crippen molar-refractivity contribution in [3.05, 3.63) is 57.7 Å². The molecule has 6 nitrogen and oxygen atoms in total. The second-order valence-corrected chi connectivity index (χ2v) is 5.03. The number of nitrogen functional groups attached to an aromatic ring is 1. The number of benzene rings is 1. The van der Waals surface area contributed by atoms with E-state index in [1.54, 1.807) is 0 Å². The van der Waals surface area contributed by atoms with Gasteiger partial charge in [0.05, 0.1) is 11.1 Å². The molecule has 1 heterocycles. The number of amides is 2. The van der Waals surface area contributed by atoms with Crippen LogP contribution in [0.4, 0.5) is 14.6 Å². The number of hydrazine groups is 1. The van der Waals surface area contributed by atoms with Crippen LogP contribution in [0.2, 0.25) is 0 Å². The van der Waals surface area contributed by atoms with Crippen molar-refractivity contribution in [3.63, 3.8) is 0 Å². The number of nitrogens with one attached hydrogen (secondary N) is 2. The van der Waals surface area contributed by atoms with Crippen molar-refractivity contribution in [2.24, 2.45) is 0 Å². The summed E-state index contributed by atoms with van der Waals surface area (Å²) in [7, 11) is 0. The average Bonchev–Trinajstić information content (AvgIpc) is 2.49. The molecule has 22 heavy (non-hydrogen) atoms. The molecule has 4 N–H and O–H groups in total. The molecule has 0 saturated heterocycles. The Morgan fingerprint density at radius 2 is 1.73 bits per heavy atom. The van der Waals surface area contributed by atoms with Crippen LogP contribution in [0, 0.1) is 11.6 Å². The molecule has 0 radical (unpaired) electrons. The van der Waals surface area contributed by atoms with E-state index in [1.165, 1.54) is 12.3 Å². The Bertz CT molecular complexity index is 691. The number of anilines is 1. The molecule has 114 valence electrons. The van der Waals surface area contributed by atoms with Gasteiger partial charge in [-0.15, -0.1) is 0 Å². The highest BCUT2D eigenvalue weighted by Crippen LogP contribution is 2.15. The maximum absolute atomic E-state index is 13.4. The fourth-order valence-corrected chi connectivity index (χ4v) is 1.88. The maximum atomic E-state index is 13.4. The van der Waals surface area contributed by atoms with Crippen LogP contribution < -0.4 is 16.6 Å². The fourth-order valence-electron chi connectivity index (χ4n) is 1.55. The number of carbonyl (C=O) groups excluding carboxylic acids is 2. The minimum Gasteiger partial charge on any atom is -0.383 e. The van der Waals surface area contributed by atoms with Gasteiger partial charge in [-0.3, -0.25) is 20.4 Å². The minimum atomic E-state index is -1.01. The number of rotatable bonds is 2. The molecule has 0 atom stereocenters. The zero-order chi connectivity index (χ0) is 16.3. The molecule has 0 unspecified atom stereocenters. The van der Waals surface area contributed by atoms with Gasteiger partial charge in [-0.2, -0.15) is 0 Å². The first kappa shape index (κ1) is 15.8. The van der Waals surface area contributed by atoms with Gasteiger partial charge in [0.25, 0.3) is 11.8 Å². The largest absolute Gasteiger partial charge is 0.383 e. The first-order chi connectivity index (χ1) is 10.4. The summed E-state index contributed by atoms with van der Waals surface area (Å²) in [5.41, 5.74) is 9.02. The average molecular weight is 371 g/mol. The van der Waals surface area contributed by atoms with E-state index in [4.69, 9.17) is 5.73 Å². The van der Waals surface area contributed by atoms with Gasteiger partial charge in [0.2, 0.25) is 0 Å². The molecular weight excluding hydrogens is 362 g/mol. The molecule has 0 aliphatic carbocycles. The molecule has 2 aromatic rings. The molecule has 0 fully saturated rings. The van der Waals surface area contributed by atoms with Crippen LogP contribution in [0.1, 0.15) is 20.7 Å². The van der Waals surface area contributed by atoms with Gasteiger partial charge >= 0.3 is 0 Å². The van der Waals surface area contributed by atoms with Crippen LogP contribution in [0.3, 0.4) is 0 Å². The molecule has 0 aliphatic rings. The zero-order valence-corrected chi connectivity index (χ0v) is 12.4. The van der Waals surface area contributed by atoms with Gasteiger partial charge in [0.15, 0.2) is 0 Å². The molecule has 1 aromatic carbocycles. The SMILES string of the molecule is Nc1ncc(Br)cc1C(=O)NNC(=O)c1cc(F)ccc1F. The van der Waals surface area contributed by atoms with Gasteiger partial charge in [0.1, 0.15) is 17.5 Å². The Balaban J connectivity index is 2.09. The van der Waals surface area contributed by atoms with E-state index in [9.17, 15) is 18.4 Å². The molecule has 0 saturated carbocycles. The van der Waals surface area contributed by atoms with E-state index < -0.39 is 29.0 Å². The van der Waals surface area contributed by atoms with Crippen molar-refractivity contribution in [2.75, 3.05) is 5.73 Å². The molecule has 0 aliphatic heterocycles. The lowest BCUT2D eigenvalue weighted by Crippen LogP contribution is -2.42. The molecule has 2 rings (SSSR count). The highest BCUT2D eigenvalue weighted by atomic mass is 79.9. The Labute approximate surface area is 131 Å². The number of pyridine rings is 1. The van der Waals surface area contributed by atoms with Crippen LogP contribution in [0.15, 0.2) is 34.9 Å². The standard InChI is InChI=1S/C13H9BrF2N4O2/c14-6-3-9(11(17)18-5-6)13(22)20-19-12(21)8-4-7(15)1-2-10(8)16/h1-5H,(H2,17,18)(H,19,21)(H,20,22). The van der Waals surface area contributed by atoms with Crippen LogP contribution in [0.5, 0.6) is 0 Å². The van der Waals surface area contributed by atoms with Crippen LogP contribution in [-0.4, -0.2) is 16.8 Å². The number of aromatic nitrogens is 1. The fraction of sp³-hybridized carbons (Fsp3) is 0. The quantitative estimate of drug-likeness (QED) is 0.701.